The molecule has 4 aromatic rings. The van der Waals surface area contributed by atoms with Gasteiger partial charge < -0.3 is 9.84 Å². The van der Waals surface area contributed by atoms with E-state index in [4.69, 9.17) is 4.52 Å². The molecule has 224 valence electrons. The molecule has 0 bridgehead atoms. The summed E-state index contributed by atoms with van der Waals surface area (Å²) in [5.74, 6) is -1.08. The molecule has 2 N–H and O–H groups in total. The Morgan fingerprint density at radius 2 is 1.30 bits per heavy atom. The first-order valence-corrected chi connectivity index (χ1v) is 12.9. The van der Waals surface area contributed by atoms with E-state index in [0.717, 1.165) is 18.2 Å². The van der Waals surface area contributed by atoms with Gasteiger partial charge in [-0.05, 0) is 50.2 Å². The van der Waals surface area contributed by atoms with Gasteiger partial charge in [0.2, 0.25) is 11.7 Å². The van der Waals surface area contributed by atoms with Crippen LogP contribution in [0, 0.1) is 60.1 Å². The van der Waals surface area contributed by atoms with Crippen molar-refractivity contribution >= 4 is 50.0 Å². The number of hydrogen-bond acceptors (Lipinski definition) is 13. The van der Waals surface area contributed by atoms with Crippen molar-refractivity contribution in [3.05, 3.63) is 118 Å². The van der Waals surface area contributed by atoms with Crippen molar-refractivity contribution in [2.24, 2.45) is 0 Å². The van der Waals surface area contributed by atoms with E-state index in [9.17, 15) is 53.3 Å². The second-order valence-electron chi connectivity index (χ2n) is 8.34. The van der Waals surface area contributed by atoms with Crippen LogP contribution < -0.4 is 10.0 Å². The standard InChI is InChI=1S/C17H15N5O7S.C6H3FN2O4/c1-10-11(2)19-29-17(10)20-30(27,28)14-6-3-12(4-7-14)18-15-8-5-13(21(23)24)9-16(15)22(25)26;7-5-2-1-4(8(10)11)3-6(5)9(12)13/h3-9,18,20H,1-2H3;1-3H. The average molecular weight is 620 g/mol. The Labute approximate surface area is 239 Å². The predicted molar refractivity (Wildman–Crippen MR) is 146 cm³/mol. The van der Waals surface area contributed by atoms with Gasteiger partial charge in [-0.3, -0.25) is 40.5 Å². The van der Waals surface area contributed by atoms with Gasteiger partial charge in [0, 0.05) is 23.4 Å². The number of rotatable bonds is 9. The number of nitro groups is 4. The van der Waals surface area contributed by atoms with Crippen LogP contribution in [-0.2, 0) is 10.0 Å². The van der Waals surface area contributed by atoms with E-state index in [0.29, 0.717) is 29.1 Å². The van der Waals surface area contributed by atoms with Crippen LogP contribution in [0.1, 0.15) is 11.3 Å². The van der Waals surface area contributed by atoms with Crippen LogP contribution >= 0.6 is 0 Å². The summed E-state index contributed by atoms with van der Waals surface area (Å²) < 4.78 is 44.9. The average Bonchev–Trinajstić information content (AvgIpc) is 3.25. The number of sulfonamides is 1. The second kappa shape index (κ2) is 12.6. The van der Waals surface area contributed by atoms with E-state index in [1.54, 1.807) is 13.8 Å². The molecule has 3 aromatic carbocycles. The van der Waals surface area contributed by atoms with Crippen molar-refractivity contribution in [2.45, 2.75) is 18.7 Å². The Balaban J connectivity index is 0.000000326. The van der Waals surface area contributed by atoms with Crippen LogP contribution in [0.25, 0.3) is 0 Å². The number of nitrogens with one attached hydrogen (secondary N) is 2. The van der Waals surface area contributed by atoms with Gasteiger partial charge in [0.1, 0.15) is 5.69 Å². The Bertz CT molecular complexity index is 1840. The molecule has 0 fully saturated rings. The molecule has 18 nitrogen and oxygen atoms in total. The van der Waals surface area contributed by atoms with E-state index in [2.05, 4.69) is 15.2 Å². The molecule has 0 saturated heterocycles. The van der Waals surface area contributed by atoms with Crippen LogP contribution in [0.4, 0.5) is 44.4 Å². The Hall–Kier alpha value is -6.05. The number of benzene rings is 3. The maximum atomic E-state index is 12.6. The zero-order valence-corrected chi connectivity index (χ0v) is 22.6. The van der Waals surface area contributed by atoms with Gasteiger partial charge in [0.25, 0.3) is 27.1 Å². The Morgan fingerprint density at radius 3 is 1.79 bits per heavy atom. The fourth-order valence-electron chi connectivity index (χ4n) is 3.21. The fraction of sp³-hybridized carbons (Fsp3) is 0.0870. The number of nitrogens with zero attached hydrogens (tertiary/aromatic N) is 5. The summed E-state index contributed by atoms with van der Waals surface area (Å²) in [5, 5.41) is 48.8. The Kier molecular flexibility index (Phi) is 9.25. The lowest BCUT2D eigenvalue weighted by Crippen LogP contribution is -2.13. The number of aromatic nitrogens is 1. The van der Waals surface area contributed by atoms with Crippen molar-refractivity contribution in [1.82, 2.24) is 5.16 Å². The maximum Gasteiger partial charge on any atom is 0.311 e. The van der Waals surface area contributed by atoms with Crippen molar-refractivity contribution in [3.8, 4) is 0 Å². The minimum Gasteiger partial charge on any atom is -0.350 e. The molecule has 43 heavy (non-hydrogen) atoms. The molecule has 0 radical (unpaired) electrons. The summed E-state index contributed by atoms with van der Waals surface area (Å²) >= 11 is 0. The molecular formula is C23H18FN7O11S. The molecule has 0 unspecified atom stereocenters. The van der Waals surface area contributed by atoms with Gasteiger partial charge in [-0.1, -0.05) is 5.16 Å². The summed E-state index contributed by atoms with van der Waals surface area (Å²) in [6.07, 6.45) is 0. The first-order valence-electron chi connectivity index (χ1n) is 11.4. The van der Waals surface area contributed by atoms with E-state index >= 15 is 0 Å². The molecule has 0 aliphatic rings. The zero-order chi connectivity index (χ0) is 32.1. The van der Waals surface area contributed by atoms with Gasteiger partial charge >= 0.3 is 5.69 Å². The molecule has 1 heterocycles. The second-order valence-corrected chi connectivity index (χ2v) is 10.0. The van der Waals surface area contributed by atoms with E-state index in [-0.39, 0.29) is 16.5 Å². The third-order valence-corrected chi connectivity index (χ3v) is 6.90. The van der Waals surface area contributed by atoms with Crippen LogP contribution in [0.2, 0.25) is 0 Å². The molecule has 0 aliphatic carbocycles. The monoisotopic (exact) mass is 619 g/mol. The van der Waals surface area contributed by atoms with Gasteiger partial charge in [0.15, 0.2) is 0 Å². The van der Waals surface area contributed by atoms with Crippen LogP contribution in [0.15, 0.2) is 70.1 Å². The van der Waals surface area contributed by atoms with Gasteiger partial charge in [-0.25, -0.2) is 13.1 Å². The highest BCUT2D eigenvalue weighted by molar-refractivity contribution is 7.92. The molecule has 0 spiro atoms. The fourth-order valence-corrected chi connectivity index (χ4v) is 4.26. The summed E-state index contributed by atoms with van der Waals surface area (Å²) in [5.41, 5.74) is -0.831. The minimum absolute atomic E-state index is 0.0104. The predicted octanol–water partition coefficient (Wildman–Crippen LogP) is 5.29. The molecule has 1 aromatic heterocycles. The highest BCUT2D eigenvalue weighted by atomic mass is 32.2. The van der Waals surface area contributed by atoms with E-state index in [1.807, 2.05) is 0 Å². The molecule has 0 amide bonds. The zero-order valence-electron chi connectivity index (χ0n) is 21.8. The summed E-state index contributed by atoms with van der Waals surface area (Å²) in [6.45, 7) is 3.34. The maximum absolute atomic E-state index is 12.6. The van der Waals surface area contributed by atoms with Crippen LogP contribution in [-0.4, -0.2) is 33.3 Å². The molecule has 0 atom stereocenters. The third-order valence-electron chi connectivity index (χ3n) is 5.55. The molecular weight excluding hydrogens is 601 g/mol. The van der Waals surface area contributed by atoms with Crippen molar-refractivity contribution in [2.75, 3.05) is 10.0 Å². The Morgan fingerprint density at radius 1 is 0.767 bits per heavy atom. The molecule has 20 heteroatoms. The number of nitro benzene ring substituents is 4. The van der Waals surface area contributed by atoms with Crippen molar-refractivity contribution in [1.29, 1.82) is 0 Å². The SMILES string of the molecule is Cc1noc(NS(=O)(=O)c2ccc(Nc3ccc([N+](=O)[O-])cc3[N+](=O)[O-])cc2)c1C.O=[N+]([O-])c1ccc(F)c([N+](=O)[O-])c1. The quantitative estimate of drug-likeness (QED) is 0.178. The molecule has 0 aliphatic heterocycles. The summed E-state index contributed by atoms with van der Waals surface area (Å²) in [6, 6.07) is 10.7. The van der Waals surface area contributed by atoms with Gasteiger partial charge in [-0.15, -0.1) is 0 Å². The van der Waals surface area contributed by atoms with Gasteiger partial charge in [0.05, 0.1) is 42.4 Å². The lowest BCUT2D eigenvalue weighted by atomic mass is 10.2. The highest BCUT2D eigenvalue weighted by Gasteiger charge is 2.22. The number of halogens is 1. The lowest BCUT2D eigenvalue weighted by Gasteiger charge is -2.09. The van der Waals surface area contributed by atoms with E-state index in [1.165, 1.54) is 30.3 Å². The molecule has 4 rings (SSSR count). The number of non-ortho nitro benzene ring substituents is 2. The van der Waals surface area contributed by atoms with Crippen molar-refractivity contribution in [3.63, 3.8) is 0 Å². The first kappa shape index (κ1) is 31.5. The van der Waals surface area contributed by atoms with Crippen LogP contribution in [0.3, 0.4) is 0 Å². The number of hydrogen-bond donors (Lipinski definition) is 2. The number of aryl methyl sites for hydroxylation is 1. The minimum atomic E-state index is -3.94. The van der Waals surface area contributed by atoms with Crippen LogP contribution in [0.5, 0.6) is 0 Å². The topological polar surface area (TPSA) is 257 Å². The largest absolute Gasteiger partial charge is 0.350 e. The molecule has 0 saturated carbocycles. The highest BCUT2D eigenvalue weighted by Crippen LogP contribution is 2.32. The third kappa shape index (κ3) is 7.58. The lowest BCUT2D eigenvalue weighted by molar-refractivity contribution is -0.395. The normalized spacial score (nSPS) is 10.7. The first-order chi connectivity index (χ1) is 20.1. The summed E-state index contributed by atoms with van der Waals surface area (Å²) in [4.78, 5) is 38.9. The van der Waals surface area contributed by atoms with Crippen molar-refractivity contribution < 1.29 is 37.0 Å². The van der Waals surface area contributed by atoms with E-state index < -0.39 is 58.3 Å². The van der Waals surface area contributed by atoms with Gasteiger partial charge in [-0.2, -0.15) is 4.39 Å². The summed E-state index contributed by atoms with van der Waals surface area (Å²) in [7, 11) is -3.94. The smallest absolute Gasteiger partial charge is 0.311 e. The number of anilines is 3.